The summed E-state index contributed by atoms with van der Waals surface area (Å²) in [5.74, 6) is 0.972. The highest BCUT2D eigenvalue weighted by Crippen LogP contribution is 2.28. The molecule has 1 N–H and O–H groups in total. The maximum atomic E-state index is 13.1. The molecule has 1 amide bonds. The molecule has 0 saturated carbocycles. The molecule has 3 rings (SSSR count). The van der Waals surface area contributed by atoms with Crippen molar-refractivity contribution in [1.29, 1.82) is 0 Å². The van der Waals surface area contributed by atoms with Crippen molar-refractivity contribution in [1.82, 2.24) is 5.32 Å². The van der Waals surface area contributed by atoms with Crippen molar-refractivity contribution in [3.8, 4) is 11.5 Å². The van der Waals surface area contributed by atoms with Gasteiger partial charge in [0.2, 0.25) is 5.91 Å². The molecule has 0 heterocycles. The van der Waals surface area contributed by atoms with E-state index in [-0.39, 0.29) is 11.8 Å². The van der Waals surface area contributed by atoms with Gasteiger partial charge in [-0.15, -0.1) is 0 Å². The third-order valence-electron chi connectivity index (χ3n) is 4.52. The van der Waals surface area contributed by atoms with E-state index in [1.54, 1.807) is 7.11 Å². The van der Waals surface area contributed by atoms with Gasteiger partial charge in [0, 0.05) is 6.54 Å². The first kappa shape index (κ1) is 19.5. The number of ether oxygens (including phenoxy) is 2. The fourth-order valence-corrected chi connectivity index (χ4v) is 3.17. The SMILES string of the molecule is CCOc1ccc(CNC(=O)C(c2ccccc2)c2ccccc2)cc1OC. The van der Waals surface area contributed by atoms with Crippen LogP contribution in [0.25, 0.3) is 0 Å². The average Bonchev–Trinajstić information content (AvgIpc) is 2.75. The highest BCUT2D eigenvalue weighted by molar-refractivity contribution is 5.87. The molecule has 0 aliphatic heterocycles. The van der Waals surface area contributed by atoms with Crippen LogP contribution in [0.3, 0.4) is 0 Å². The largest absolute Gasteiger partial charge is 0.493 e. The quantitative estimate of drug-likeness (QED) is 0.629. The van der Waals surface area contributed by atoms with Gasteiger partial charge in [0.1, 0.15) is 0 Å². The molecule has 4 heteroatoms. The van der Waals surface area contributed by atoms with Crippen LogP contribution in [0.15, 0.2) is 78.9 Å². The van der Waals surface area contributed by atoms with Crippen LogP contribution < -0.4 is 14.8 Å². The molecule has 0 atom stereocenters. The third-order valence-corrected chi connectivity index (χ3v) is 4.52. The lowest BCUT2D eigenvalue weighted by Crippen LogP contribution is -2.29. The number of nitrogens with one attached hydrogen (secondary N) is 1. The standard InChI is InChI=1S/C24H25NO3/c1-3-28-21-15-14-18(16-22(21)27-2)17-25-24(26)23(19-10-6-4-7-11-19)20-12-8-5-9-13-20/h4-16,23H,3,17H2,1-2H3,(H,25,26). The Morgan fingerprint density at radius 2 is 1.50 bits per heavy atom. The molecule has 0 radical (unpaired) electrons. The molecular weight excluding hydrogens is 350 g/mol. The summed E-state index contributed by atoms with van der Waals surface area (Å²) < 4.78 is 10.9. The van der Waals surface area contributed by atoms with E-state index >= 15 is 0 Å². The number of methoxy groups -OCH3 is 1. The van der Waals surface area contributed by atoms with E-state index in [1.165, 1.54) is 0 Å². The summed E-state index contributed by atoms with van der Waals surface area (Å²) in [6.07, 6.45) is 0. The van der Waals surface area contributed by atoms with Gasteiger partial charge in [0.05, 0.1) is 19.6 Å². The van der Waals surface area contributed by atoms with Gasteiger partial charge >= 0.3 is 0 Å². The van der Waals surface area contributed by atoms with E-state index in [1.807, 2.05) is 85.8 Å². The fraction of sp³-hybridized carbons (Fsp3) is 0.208. The molecule has 0 saturated heterocycles. The van der Waals surface area contributed by atoms with Crippen LogP contribution in [0, 0.1) is 0 Å². The second-order valence-electron chi connectivity index (χ2n) is 6.39. The lowest BCUT2D eigenvalue weighted by molar-refractivity contribution is -0.121. The first-order valence-electron chi connectivity index (χ1n) is 9.40. The Morgan fingerprint density at radius 1 is 0.893 bits per heavy atom. The van der Waals surface area contributed by atoms with Crippen molar-refractivity contribution in [2.24, 2.45) is 0 Å². The molecule has 144 valence electrons. The summed E-state index contributed by atoms with van der Waals surface area (Å²) >= 11 is 0. The van der Waals surface area contributed by atoms with Gasteiger partial charge in [0.15, 0.2) is 11.5 Å². The summed E-state index contributed by atoms with van der Waals surface area (Å²) in [6, 6.07) is 25.4. The van der Waals surface area contributed by atoms with Crippen LogP contribution in [0.1, 0.15) is 29.5 Å². The van der Waals surface area contributed by atoms with Crippen LogP contribution in [0.5, 0.6) is 11.5 Å². The molecule has 0 bridgehead atoms. The monoisotopic (exact) mass is 375 g/mol. The zero-order valence-corrected chi connectivity index (χ0v) is 16.2. The Kier molecular flexibility index (Phi) is 6.68. The highest BCUT2D eigenvalue weighted by Gasteiger charge is 2.22. The summed E-state index contributed by atoms with van der Waals surface area (Å²) in [7, 11) is 1.61. The van der Waals surface area contributed by atoms with Gasteiger partial charge in [-0.3, -0.25) is 4.79 Å². The minimum atomic E-state index is -0.355. The molecule has 3 aromatic carbocycles. The number of hydrogen-bond donors (Lipinski definition) is 1. The van der Waals surface area contributed by atoms with E-state index < -0.39 is 0 Å². The van der Waals surface area contributed by atoms with Crippen molar-refractivity contribution >= 4 is 5.91 Å². The fourth-order valence-electron chi connectivity index (χ4n) is 3.17. The van der Waals surface area contributed by atoms with Gasteiger partial charge in [-0.2, -0.15) is 0 Å². The third kappa shape index (κ3) is 4.71. The minimum absolute atomic E-state index is 0.0368. The maximum Gasteiger partial charge on any atom is 0.232 e. The average molecular weight is 375 g/mol. The molecule has 0 fully saturated rings. The molecule has 0 spiro atoms. The zero-order chi connectivity index (χ0) is 19.8. The first-order chi connectivity index (χ1) is 13.7. The van der Waals surface area contributed by atoms with Crippen molar-refractivity contribution in [2.45, 2.75) is 19.4 Å². The number of amides is 1. The van der Waals surface area contributed by atoms with Gasteiger partial charge in [-0.1, -0.05) is 66.7 Å². The smallest absolute Gasteiger partial charge is 0.232 e. The van der Waals surface area contributed by atoms with Gasteiger partial charge in [-0.05, 0) is 35.7 Å². The number of benzene rings is 3. The van der Waals surface area contributed by atoms with Crippen LogP contribution in [-0.2, 0) is 11.3 Å². The zero-order valence-electron chi connectivity index (χ0n) is 16.2. The molecule has 28 heavy (non-hydrogen) atoms. The Morgan fingerprint density at radius 3 is 2.04 bits per heavy atom. The molecular formula is C24H25NO3. The molecule has 3 aromatic rings. The second kappa shape index (κ2) is 9.60. The lowest BCUT2D eigenvalue weighted by atomic mass is 9.90. The van der Waals surface area contributed by atoms with E-state index in [9.17, 15) is 4.79 Å². The molecule has 0 aromatic heterocycles. The number of carbonyl (C=O) groups is 1. The summed E-state index contributed by atoms with van der Waals surface area (Å²) in [4.78, 5) is 13.1. The van der Waals surface area contributed by atoms with E-state index in [0.29, 0.717) is 24.7 Å². The first-order valence-corrected chi connectivity index (χ1v) is 9.40. The Labute approximate surface area is 166 Å². The van der Waals surface area contributed by atoms with Crippen LogP contribution >= 0.6 is 0 Å². The van der Waals surface area contributed by atoms with E-state index in [0.717, 1.165) is 16.7 Å². The Hall–Kier alpha value is -3.27. The summed E-state index contributed by atoms with van der Waals surface area (Å²) in [5, 5.41) is 3.06. The molecule has 0 aliphatic carbocycles. The van der Waals surface area contributed by atoms with Crippen molar-refractivity contribution in [3.05, 3.63) is 95.6 Å². The minimum Gasteiger partial charge on any atom is -0.493 e. The number of hydrogen-bond acceptors (Lipinski definition) is 3. The predicted octanol–water partition coefficient (Wildman–Crippen LogP) is 4.54. The lowest BCUT2D eigenvalue weighted by Gasteiger charge is -2.18. The molecule has 4 nitrogen and oxygen atoms in total. The van der Waals surface area contributed by atoms with Crippen LogP contribution in [0.4, 0.5) is 0 Å². The summed E-state index contributed by atoms with van der Waals surface area (Å²) in [5.41, 5.74) is 2.89. The van der Waals surface area contributed by atoms with E-state index in [2.05, 4.69) is 5.32 Å². The van der Waals surface area contributed by atoms with Crippen LogP contribution in [0.2, 0.25) is 0 Å². The maximum absolute atomic E-state index is 13.1. The number of rotatable bonds is 8. The number of carbonyl (C=O) groups excluding carboxylic acids is 1. The van der Waals surface area contributed by atoms with Crippen molar-refractivity contribution in [2.75, 3.05) is 13.7 Å². The van der Waals surface area contributed by atoms with E-state index in [4.69, 9.17) is 9.47 Å². The second-order valence-corrected chi connectivity index (χ2v) is 6.39. The van der Waals surface area contributed by atoms with Gasteiger partial charge in [-0.25, -0.2) is 0 Å². The summed E-state index contributed by atoms with van der Waals surface area (Å²) in [6.45, 7) is 2.92. The Bertz CT molecular complexity index is 855. The van der Waals surface area contributed by atoms with Crippen molar-refractivity contribution < 1.29 is 14.3 Å². The predicted molar refractivity (Wildman–Crippen MR) is 111 cm³/mol. The Balaban J connectivity index is 1.78. The van der Waals surface area contributed by atoms with Crippen molar-refractivity contribution in [3.63, 3.8) is 0 Å². The molecule has 0 unspecified atom stereocenters. The molecule has 0 aliphatic rings. The normalized spacial score (nSPS) is 10.5. The topological polar surface area (TPSA) is 47.6 Å². The highest BCUT2D eigenvalue weighted by atomic mass is 16.5. The van der Waals surface area contributed by atoms with Gasteiger partial charge < -0.3 is 14.8 Å². The van der Waals surface area contributed by atoms with Crippen LogP contribution in [-0.4, -0.2) is 19.6 Å². The van der Waals surface area contributed by atoms with Gasteiger partial charge in [0.25, 0.3) is 0 Å².